The molecule has 1 aromatic carbocycles. The molecule has 0 atom stereocenters. The first-order valence-corrected chi connectivity index (χ1v) is 12.4. The van der Waals surface area contributed by atoms with Crippen LogP contribution < -0.4 is 20.7 Å². The lowest BCUT2D eigenvalue weighted by Gasteiger charge is -2.28. The molecule has 0 unspecified atom stereocenters. The molecule has 12 heteroatoms. The highest BCUT2D eigenvalue weighted by Crippen LogP contribution is 2.24. The van der Waals surface area contributed by atoms with E-state index in [9.17, 15) is 20.1 Å². The Kier molecular flexibility index (Phi) is 10.8. The van der Waals surface area contributed by atoms with Crippen LogP contribution in [0.25, 0.3) is 0 Å². The van der Waals surface area contributed by atoms with Crippen LogP contribution in [0.5, 0.6) is 5.88 Å². The second-order valence-electron chi connectivity index (χ2n) is 8.91. The number of nitrogens with one attached hydrogen (secondary N) is 3. The summed E-state index contributed by atoms with van der Waals surface area (Å²) >= 11 is 0. The lowest BCUT2D eigenvalue weighted by Crippen LogP contribution is -2.35. The Bertz CT molecular complexity index is 1230. The molecule has 0 spiro atoms. The van der Waals surface area contributed by atoms with Crippen LogP contribution in [0.15, 0.2) is 61.3 Å². The van der Waals surface area contributed by atoms with E-state index in [4.69, 9.17) is 4.74 Å². The minimum absolute atomic E-state index is 0.102. The maximum Gasteiger partial charge on any atom is 0.304 e. The summed E-state index contributed by atoms with van der Waals surface area (Å²) in [7, 11) is 3.98. The molecule has 2 aromatic heterocycles. The molecule has 1 aliphatic heterocycles. The zero-order valence-electron chi connectivity index (χ0n) is 22.0. The van der Waals surface area contributed by atoms with Gasteiger partial charge in [0.15, 0.2) is 6.29 Å². The molecule has 1 saturated heterocycles. The summed E-state index contributed by atoms with van der Waals surface area (Å²) in [6.45, 7) is 6.34. The first kappa shape index (κ1) is 29.6. The van der Waals surface area contributed by atoms with Crippen LogP contribution in [0.1, 0.15) is 28.8 Å². The van der Waals surface area contributed by atoms with Gasteiger partial charge in [-0.3, -0.25) is 4.79 Å². The van der Waals surface area contributed by atoms with Crippen molar-refractivity contribution >= 4 is 29.6 Å². The Morgan fingerprint density at radius 1 is 1.13 bits per heavy atom. The highest BCUT2D eigenvalue weighted by atomic mass is 16.7. The molecule has 3 heterocycles. The van der Waals surface area contributed by atoms with Crippen LogP contribution in [0.4, 0.5) is 23.3 Å². The predicted molar refractivity (Wildman–Crippen MR) is 148 cm³/mol. The number of piperidine rings is 1. The van der Waals surface area contributed by atoms with Crippen molar-refractivity contribution in [3.63, 3.8) is 0 Å². The Morgan fingerprint density at radius 2 is 1.87 bits per heavy atom. The first-order chi connectivity index (χ1) is 18.7. The number of benzene rings is 1. The van der Waals surface area contributed by atoms with E-state index in [0.717, 1.165) is 32.5 Å². The van der Waals surface area contributed by atoms with Gasteiger partial charge >= 0.3 is 5.97 Å². The molecule has 39 heavy (non-hydrogen) atoms. The number of pyridine rings is 1. The highest BCUT2D eigenvalue weighted by Gasteiger charge is 2.22. The summed E-state index contributed by atoms with van der Waals surface area (Å²) in [5.41, 5.74) is 0.490. The number of likely N-dealkylation sites (N-methyl/N-ethyl adjacent to an activating group) is 1. The highest BCUT2D eigenvalue weighted by molar-refractivity contribution is 5.84. The Morgan fingerprint density at radius 3 is 2.51 bits per heavy atom. The van der Waals surface area contributed by atoms with Gasteiger partial charge in [0, 0.05) is 43.1 Å². The number of carbonyl (C=O) groups is 1. The Labute approximate surface area is 227 Å². The minimum Gasteiger partial charge on any atom is -0.474 e. The van der Waals surface area contributed by atoms with Gasteiger partial charge < -0.3 is 40.9 Å². The number of ether oxygens (including phenoxy) is 1. The maximum absolute atomic E-state index is 11.5. The maximum atomic E-state index is 11.5. The van der Waals surface area contributed by atoms with E-state index in [1.807, 2.05) is 13.1 Å². The molecule has 0 saturated carbocycles. The lowest BCUT2D eigenvalue weighted by atomic mass is 10.1. The molecule has 12 nitrogen and oxygen atoms in total. The predicted octanol–water partition coefficient (Wildman–Crippen LogP) is 2.12. The van der Waals surface area contributed by atoms with Crippen LogP contribution in [0.2, 0.25) is 0 Å². The molecule has 0 amide bonds. The van der Waals surface area contributed by atoms with Gasteiger partial charge in [-0.1, -0.05) is 24.3 Å². The fraction of sp³-hybridized carbons (Fsp3) is 0.333. The van der Waals surface area contributed by atoms with E-state index < -0.39 is 5.97 Å². The summed E-state index contributed by atoms with van der Waals surface area (Å²) in [6.07, 6.45) is 5.75. The van der Waals surface area contributed by atoms with E-state index in [2.05, 4.69) is 49.4 Å². The third-order valence-electron chi connectivity index (χ3n) is 5.72. The van der Waals surface area contributed by atoms with Crippen molar-refractivity contribution in [3.05, 3.63) is 72.4 Å². The van der Waals surface area contributed by atoms with Crippen LogP contribution in [-0.4, -0.2) is 81.3 Å². The smallest absolute Gasteiger partial charge is 0.304 e. The van der Waals surface area contributed by atoms with Crippen LogP contribution in [0, 0.1) is 0 Å². The van der Waals surface area contributed by atoms with Crippen molar-refractivity contribution in [2.24, 2.45) is 0 Å². The number of aromatic nitrogens is 3. The van der Waals surface area contributed by atoms with Crippen LogP contribution >= 0.6 is 0 Å². The summed E-state index contributed by atoms with van der Waals surface area (Å²) in [6, 6.07) is 11.2. The number of likely N-dealkylation sites (tertiary alicyclic amines) is 1. The van der Waals surface area contributed by atoms with Crippen molar-refractivity contribution in [2.75, 3.05) is 44.4 Å². The first-order valence-electron chi connectivity index (χ1n) is 12.4. The molecular weight excluding hydrogens is 502 g/mol. The van der Waals surface area contributed by atoms with E-state index in [0.29, 0.717) is 23.7 Å². The van der Waals surface area contributed by atoms with Crippen molar-refractivity contribution in [3.8, 4) is 5.88 Å². The molecule has 1 fully saturated rings. The van der Waals surface area contributed by atoms with Gasteiger partial charge in [-0.05, 0) is 45.1 Å². The quantitative estimate of drug-likeness (QED) is 0.127. The molecule has 0 bridgehead atoms. The average Bonchev–Trinajstić information content (AvgIpc) is 2.91. The van der Waals surface area contributed by atoms with Crippen molar-refractivity contribution < 1.29 is 24.9 Å². The topological polar surface area (TPSA) is 165 Å². The fourth-order valence-corrected chi connectivity index (χ4v) is 3.66. The number of aliphatic hydroxyl groups is 3. The number of rotatable bonds is 10. The molecular formula is C27H35N7O5. The van der Waals surface area contributed by atoms with Crippen molar-refractivity contribution in [2.45, 2.75) is 24.9 Å². The Hall–Kier alpha value is -3.94. The average molecular weight is 538 g/mol. The van der Waals surface area contributed by atoms with E-state index in [1.54, 1.807) is 24.3 Å². The minimum atomic E-state index is -2.97. The molecule has 0 radical (unpaired) electrons. The fourth-order valence-electron chi connectivity index (χ4n) is 3.66. The zero-order valence-corrected chi connectivity index (χ0v) is 22.0. The summed E-state index contributed by atoms with van der Waals surface area (Å²) in [5.74, 6) is -1.67. The van der Waals surface area contributed by atoms with Crippen LogP contribution in [0.3, 0.4) is 0 Å². The Balaban J connectivity index is 0.000000771. The number of aldehydes is 1. The second kappa shape index (κ2) is 14.3. The third-order valence-corrected chi connectivity index (χ3v) is 5.72. The summed E-state index contributed by atoms with van der Waals surface area (Å²) in [4.78, 5) is 26.7. The van der Waals surface area contributed by atoms with Gasteiger partial charge in [-0.15, -0.1) is 6.58 Å². The number of carbonyl (C=O) groups excluding carboxylic acids is 1. The molecule has 3 aromatic rings. The number of anilines is 4. The second-order valence-corrected chi connectivity index (χ2v) is 8.91. The van der Waals surface area contributed by atoms with Gasteiger partial charge in [0.05, 0.1) is 5.56 Å². The molecule has 208 valence electrons. The van der Waals surface area contributed by atoms with Gasteiger partial charge in [-0.25, -0.2) is 4.98 Å². The monoisotopic (exact) mass is 537 g/mol. The summed E-state index contributed by atoms with van der Waals surface area (Å²) < 4.78 is 6.03. The largest absolute Gasteiger partial charge is 0.474 e. The molecule has 4 rings (SSSR count). The van der Waals surface area contributed by atoms with Crippen molar-refractivity contribution in [1.82, 2.24) is 25.2 Å². The molecule has 0 aliphatic carbocycles. The van der Waals surface area contributed by atoms with Gasteiger partial charge in [0.25, 0.3) is 0 Å². The standard InChI is InChI=1S/C23H26N6O5.C4H9N/c1-29-10-8-18(9-11-29)34-20-7-3-6-19(26-20)27-21-15(14-30)13-24-22(28-21)25-17-5-2-4-16(12-17)23(31,32)33;1-3-4-5-2/h2-7,12-14,18,31-33H,8-11H2,1H3,(H2,24,25,26,27,28);3,5H,1,4H2,2H3. The van der Waals surface area contributed by atoms with E-state index in [-0.39, 0.29) is 29.0 Å². The normalized spacial score (nSPS) is 14.1. The number of hydrogen-bond donors (Lipinski definition) is 6. The van der Waals surface area contributed by atoms with Gasteiger partial charge in [0.2, 0.25) is 11.8 Å². The third kappa shape index (κ3) is 9.39. The van der Waals surface area contributed by atoms with Crippen molar-refractivity contribution in [1.29, 1.82) is 0 Å². The van der Waals surface area contributed by atoms with Gasteiger partial charge in [-0.2, -0.15) is 9.97 Å². The molecule has 6 N–H and O–H groups in total. The number of hydrogen-bond acceptors (Lipinski definition) is 12. The molecule has 1 aliphatic rings. The van der Waals surface area contributed by atoms with Crippen LogP contribution in [-0.2, 0) is 5.97 Å². The van der Waals surface area contributed by atoms with E-state index >= 15 is 0 Å². The van der Waals surface area contributed by atoms with Gasteiger partial charge in [0.1, 0.15) is 17.7 Å². The lowest BCUT2D eigenvalue weighted by molar-refractivity contribution is -0.323. The zero-order chi connectivity index (χ0) is 28.3. The summed E-state index contributed by atoms with van der Waals surface area (Å²) in [5, 5.41) is 37.0. The van der Waals surface area contributed by atoms with E-state index in [1.165, 1.54) is 24.4 Å². The SMILES string of the molecule is C=CCNC.CN1CCC(Oc2cccc(Nc3nc(Nc4cccc(C(O)(O)O)c4)ncc3C=O)n2)CC1. The number of nitrogens with zero attached hydrogens (tertiary/aromatic N) is 4.